The van der Waals surface area contributed by atoms with Crippen LogP contribution in [0.1, 0.15) is 23.1 Å². The molecule has 2 aromatic rings. The second-order valence-corrected chi connectivity index (χ2v) is 8.41. The zero-order valence-electron chi connectivity index (χ0n) is 17.3. The molecule has 4 nitrogen and oxygen atoms in total. The summed E-state index contributed by atoms with van der Waals surface area (Å²) in [7, 11) is 0. The van der Waals surface area contributed by atoms with Crippen LogP contribution >= 0.6 is 23.8 Å². The number of benzene rings is 2. The van der Waals surface area contributed by atoms with E-state index < -0.39 is 0 Å². The van der Waals surface area contributed by atoms with Crippen molar-refractivity contribution in [3.63, 3.8) is 0 Å². The van der Waals surface area contributed by atoms with Gasteiger partial charge in [-0.3, -0.25) is 4.90 Å². The van der Waals surface area contributed by atoms with E-state index in [1.165, 1.54) is 11.1 Å². The molecule has 0 atom stereocenters. The first-order valence-electron chi connectivity index (χ1n) is 10.2. The monoisotopic (exact) mass is 431 g/mol. The van der Waals surface area contributed by atoms with Crippen LogP contribution in [0, 0.1) is 13.8 Å². The number of rotatable bonds is 7. The fourth-order valence-corrected chi connectivity index (χ4v) is 3.92. The van der Waals surface area contributed by atoms with Crippen molar-refractivity contribution in [2.75, 3.05) is 44.7 Å². The minimum Gasteiger partial charge on any atom is -0.379 e. The molecule has 0 aliphatic carbocycles. The summed E-state index contributed by atoms with van der Waals surface area (Å²) < 4.78 is 5.45. The zero-order chi connectivity index (χ0) is 20.6. The molecular weight excluding hydrogens is 402 g/mol. The lowest BCUT2D eigenvalue weighted by atomic mass is 10.1. The van der Waals surface area contributed by atoms with E-state index in [1.54, 1.807) is 0 Å². The molecule has 1 N–H and O–H groups in total. The van der Waals surface area contributed by atoms with Gasteiger partial charge < -0.3 is 15.0 Å². The zero-order valence-corrected chi connectivity index (χ0v) is 18.9. The molecule has 1 fully saturated rings. The number of halogens is 1. The molecule has 6 heteroatoms. The van der Waals surface area contributed by atoms with Gasteiger partial charge in [-0.15, -0.1) is 0 Å². The lowest BCUT2D eigenvalue weighted by Crippen LogP contribution is -2.40. The number of nitrogens with one attached hydrogen (secondary N) is 1. The Bertz CT molecular complexity index is 824. The van der Waals surface area contributed by atoms with Gasteiger partial charge in [-0.1, -0.05) is 47.5 Å². The molecular formula is C23H30ClN3OS. The van der Waals surface area contributed by atoms with Crippen molar-refractivity contribution in [2.24, 2.45) is 0 Å². The van der Waals surface area contributed by atoms with E-state index in [9.17, 15) is 0 Å². The van der Waals surface area contributed by atoms with Crippen molar-refractivity contribution in [3.8, 4) is 0 Å². The van der Waals surface area contributed by atoms with E-state index >= 15 is 0 Å². The van der Waals surface area contributed by atoms with Crippen LogP contribution in [0.15, 0.2) is 42.5 Å². The maximum Gasteiger partial charge on any atom is 0.173 e. The van der Waals surface area contributed by atoms with E-state index in [4.69, 9.17) is 28.6 Å². The Morgan fingerprint density at radius 3 is 2.69 bits per heavy atom. The average Bonchev–Trinajstić information content (AvgIpc) is 2.71. The van der Waals surface area contributed by atoms with Gasteiger partial charge in [0.1, 0.15) is 0 Å². The third kappa shape index (κ3) is 6.96. The summed E-state index contributed by atoms with van der Waals surface area (Å²) in [5.74, 6) is 0. The van der Waals surface area contributed by atoms with Crippen molar-refractivity contribution in [1.82, 2.24) is 9.80 Å². The SMILES string of the molecule is Cc1cccc(CN(CCCN2CCOCC2)C(=S)Nc2ccc(C)c(Cl)c2)c1. The molecule has 1 aliphatic heterocycles. The molecule has 1 aliphatic rings. The minimum absolute atomic E-state index is 0.730. The lowest BCUT2D eigenvalue weighted by Gasteiger charge is -2.30. The largest absolute Gasteiger partial charge is 0.379 e. The first kappa shape index (κ1) is 22.0. The van der Waals surface area contributed by atoms with Gasteiger partial charge in [0.15, 0.2) is 5.11 Å². The molecule has 0 aromatic heterocycles. The second-order valence-electron chi connectivity index (χ2n) is 7.61. The molecule has 0 bridgehead atoms. The predicted octanol–water partition coefficient (Wildman–Crippen LogP) is 4.88. The second kappa shape index (κ2) is 10.9. The third-order valence-electron chi connectivity index (χ3n) is 5.17. The summed E-state index contributed by atoms with van der Waals surface area (Å²) in [5, 5.41) is 4.85. The number of morpholine rings is 1. The number of aryl methyl sites for hydroxylation is 2. The van der Waals surface area contributed by atoms with Gasteiger partial charge in [-0.2, -0.15) is 0 Å². The molecule has 1 saturated heterocycles. The quantitative estimate of drug-likeness (QED) is 0.631. The standard InChI is InChI=1S/C23H30ClN3OS/c1-18-5-3-6-20(15-18)17-27(10-4-9-26-11-13-28-14-12-26)23(29)25-21-8-7-19(2)22(24)16-21/h3,5-8,15-16H,4,9-14,17H2,1-2H3,(H,25,29). The van der Waals surface area contributed by atoms with Crippen molar-refractivity contribution in [3.05, 3.63) is 64.2 Å². The van der Waals surface area contributed by atoms with Crippen LogP contribution in [0.3, 0.4) is 0 Å². The molecule has 29 heavy (non-hydrogen) atoms. The first-order valence-corrected chi connectivity index (χ1v) is 11.0. The van der Waals surface area contributed by atoms with Crippen LogP contribution in [0.25, 0.3) is 0 Å². The van der Waals surface area contributed by atoms with Gasteiger partial charge >= 0.3 is 0 Å². The van der Waals surface area contributed by atoms with Crippen molar-refractivity contribution < 1.29 is 4.74 Å². The summed E-state index contributed by atoms with van der Waals surface area (Å²) in [4.78, 5) is 4.71. The normalized spacial score (nSPS) is 14.6. The van der Waals surface area contributed by atoms with Crippen LogP contribution in [0.2, 0.25) is 5.02 Å². The first-order chi connectivity index (χ1) is 14.0. The molecule has 0 unspecified atom stereocenters. The van der Waals surface area contributed by atoms with Crippen molar-refractivity contribution in [1.29, 1.82) is 0 Å². The number of nitrogens with zero attached hydrogens (tertiary/aromatic N) is 2. The van der Waals surface area contributed by atoms with Gasteiger partial charge in [-0.25, -0.2) is 0 Å². The van der Waals surface area contributed by atoms with E-state index in [0.29, 0.717) is 0 Å². The average molecular weight is 432 g/mol. The van der Waals surface area contributed by atoms with Crippen molar-refractivity contribution in [2.45, 2.75) is 26.8 Å². The van der Waals surface area contributed by atoms with Gasteiger partial charge in [-0.05, 0) is 55.7 Å². The number of thiocarbonyl (C=S) groups is 1. The summed E-state index contributed by atoms with van der Waals surface area (Å²) >= 11 is 12.1. The predicted molar refractivity (Wildman–Crippen MR) is 126 cm³/mol. The molecule has 0 saturated carbocycles. The minimum atomic E-state index is 0.730. The summed E-state index contributed by atoms with van der Waals surface area (Å²) in [6.45, 7) is 10.6. The number of ether oxygens (including phenoxy) is 1. The van der Waals surface area contributed by atoms with Gasteiger partial charge in [0.05, 0.1) is 13.2 Å². The van der Waals surface area contributed by atoms with E-state index in [2.05, 4.69) is 46.3 Å². The highest BCUT2D eigenvalue weighted by Crippen LogP contribution is 2.21. The molecule has 3 rings (SSSR count). The van der Waals surface area contributed by atoms with Gasteiger partial charge in [0, 0.05) is 43.4 Å². The topological polar surface area (TPSA) is 27.7 Å². The Morgan fingerprint density at radius 2 is 1.97 bits per heavy atom. The summed E-state index contributed by atoms with van der Waals surface area (Å²) in [5.41, 5.74) is 4.51. The highest BCUT2D eigenvalue weighted by atomic mass is 35.5. The summed E-state index contributed by atoms with van der Waals surface area (Å²) in [6, 6.07) is 14.6. The molecule has 156 valence electrons. The maximum absolute atomic E-state index is 6.28. The molecule has 0 amide bonds. The molecule has 0 radical (unpaired) electrons. The Labute approximate surface area is 184 Å². The van der Waals surface area contributed by atoms with Gasteiger partial charge in [0.25, 0.3) is 0 Å². The molecule has 1 heterocycles. The van der Waals surface area contributed by atoms with E-state index in [1.807, 2.05) is 25.1 Å². The van der Waals surface area contributed by atoms with Crippen molar-refractivity contribution >= 4 is 34.6 Å². The summed E-state index contributed by atoms with van der Waals surface area (Å²) in [6.07, 6.45) is 1.06. The number of anilines is 1. The molecule has 0 spiro atoms. The Kier molecular flexibility index (Phi) is 8.30. The number of hydrogen-bond donors (Lipinski definition) is 1. The van der Waals surface area contributed by atoms with Crippen LogP contribution in [-0.2, 0) is 11.3 Å². The smallest absolute Gasteiger partial charge is 0.173 e. The van der Waals surface area contributed by atoms with Crippen LogP contribution < -0.4 is 5.32 Å². The van der Waals surface area contributed by atoms with E-state index in [-0.39, 0.29) is 0 Å². The fraction of sp³-hybridized carbons (Fsp3) is 0.435. The van der Waals surface area contributed by atoms with E-state index in [0.717, 1.165) is 73.7 Å². The Morgan fingerprint density at radius 1 is 1.17 bits per heavy atom. The lowest BCUT2D eigenvalue weighted by molar-refractivity contribution is 0.0368. The van der Waals surface area contributed by atoms with Crippen LogP contribution in [0.4, 0.5) is 5.69 Å². The number of hydrogen-bond acceptors (Lipinski definition) is 3. The molecule has 2 aromatic carbocycles. The third-order valence-corrected chi connectivity index (χ3v) is 5.94. The van der Waals surface area contributed by atoms with Crippen LogP contribution in [-0.4, -0.2) is 54.3 Å². The van der Waals surface area contributed by atoms with Crippen LogP contribution in [0.5, 0.6) is 0 Å². The highest BCUT2D eigenvalue weighted by Gasteiger charge is 2.14. The highest BCUT2D eigenvalue weighted by molar-refractivity contribution is 7.80. The fourth-order valence-electron chi connectivity index (χ4n) is 3.47. The Hall–Kier alpha value is -1.66. The van der Waals surface area contributed by atoms with Gasteiger partial charge in [0.2, 0.25) is 0 Å². The maximum atomic E-state index is 6.28. The Balaban J connectivity index is 1.64.